The van der Waals surface area contributed by atoms with E-state index in [1.807, 2.05) is 50.4 Å². The zero-order valence-corrected chi connectivity index (χ0v) is 18.3. The van der Waals surface area contributed by atoms with Gasteiger partial charge in [-0.3, -0.25) is 0 Å². The van der Waals surface area contributed by atoms with Gasteiger partial charge in [0, 0.05) is 11.8 Å². The Bertz CT molecular complexity index is 1400. The molecule has 0 aliphatic carbocycles. The van der Waals surface area contributed by atoms with Crippen LogP contribution in [0.2, 0.25) is 0 Å². The zero-order valence-electron chi connectivity index (χ0n) is 18.3. The molecule has 0 atom stereocenters. The Morgan fingerprint density at radius 1 is 1.12 bits per heavy atom. The number of aromatic nitrogens is 5. The first kappa shape index (κ1) is 21.5. The Kier molecular flexibility index (Phi) is 6.00. The highest BCUT2D eigenvalue weighted by Crippen LogP contribution is 2.34. The fraction of sp³-hybridized carbons (Fsp3) is 0.0769. The highest BCUT2D eigenvalue weighted by molar-refractivity contribution is 5.73. The zero-order chi connectivity index (χ0) is 23.4. The van der Waals surface area contributed by atoms with Gasteiger partial charge in [-0.1, -0.05) is 43.0 Å². The summed E-state index contributed by atoms with van der Waals surface area (Å²) in [5, 5.41) is 28.7. The Hall–Kier alpha value is -4.70. The Labute approximate surface area is 191 Å². The third-order valence-corrected chi connectivity index (χ3v) is 5.11. The molecule has 0 radical (unpaired) electrons. The molecule has 0 saturated heterocycles. The minimum Gasteiger partial charge on any atom is -0.493 e. The molecular weight excluding hydrogens is 412 g/mol. The van der Waals surface area contributed by atoms with Crippen molar-refractivity contribution in [1.82, 2.24) is 24.5 Å². The number of hydrogen-bond donors (Lipinski definition) is 1. The van der Waals surface area contributed by atoms with Crippen LogP contribution in [-0.4, -0.2) is 29.7 Å². The number of benzene rings is 1. The molecular formula is C26H22N6O. The van der Waals surface area contributed by atoms with Gasteiger partial charge < -0.3 is 5.11 Å². The van der Waals surface area contributed by atoms with E-state index in [4.69, 9.17) is 5.26 Å². The standard InChI is InChI=1S/C26H22N6O/c1-4-5-6-7-18(2)22-15-29-31(17-22)23-12-13-24(28-16-23)32-26(33)25(19(3)30-32)21-10-8-20(14-27)9-11-21/h4-13,15-17,33H,2H2,1,3H3/b5-4-,7-6-. The van der Waals surface area contributed by atoms with Crippen molar-refractivity contribution in [3.05, 3.63) is 103 Å². The fourth-order valence-corrected chi connectivity index (χ4v) is 3.37. The van der Waals surface area contributed by atoms with Gasteiger partial charge in [0.05, 0.1) is 41.0 Å². The average molecular weight is 435 g/mol. The summed E-state index contributed by atoms with van der Waals surface area (Å²) in [6, 6.07) is 12.7. The third kappa shape index (κ3) is 4.36. The first-order chi connectivity index (χ1) is 16.0. The van der Waals surface area contributed by atoms with E-state index in [1.165, 1.54) is 4.68 Å². The fourth-order valence-electron chi connectivity index (χ4n) is 3.37. The van der Waals surface area contributed by atoms with Gasteiger partial charge in [0.2, 0.25) is 5.88 Å². The lowest BCUT2D eigenvalue weighted by atomic mass is 10.0. The van der Waals surface area contributed by atoms with Gasteiger partial charge in [0.25, 0.3) is 0 Å². The van der Waals surface area contributed by atoms with Crippen molar-refractivity contribution in [3.63, 3.8) is 0 Å². The molecule has 4 rings (SSSR count). The molecule has 0 amide bonds. The lowest BCUT2D eigenvalue weighted by Gasteiger charge is -2.05. The summed E-state index contributed by atoms with van der Waals surface area (Å²) in [7, 11) is 0. The van der Waals surface area contributed by atoms with Crippen LogP contribution in [0.3, 0.4) is 0 Å². The quantitative estimate of drug-likeness (QED) is 0.424. The molecule has 0 unspecified atom stereocenters. The topological polar surface area (TPSA) is 92.5 Å². The lowest BCUT2D eigenvalue weighted by molar-refractivity contribution is 0.433. The number of allylic oxidation sites excluding steroid dienone is 5. The molecule has 0 bridgehead atoms. The van der Waals surface area contributed by atoms with Crippen LogP contribution < -0.4 is 0 Å². The van der Waals surface area contributed by atoms with Crippen molar-refractivity contribution in [2.75, 3.05) is 0 Å². The van der Waals surface area contributed by atoms with Crippen LogP contribution >= 0.6 is 0 Å². The number of pyridine rings is 1. The summed E-state index contributed by atoms with van der Waals surface area (Å²) in [6.45, 7) is 7.85. The van der Waals surface area contributed by atoms with E-state index in [-0.39, 0.29) is 5.88 Å². The van der Waals surface area contributed by atoms with Crippen molar-refractivity contribution in [3.8, 4) is 34.6 Å². The largest absolute Gasteiger partial charge is 0.493 e. The molecule has 7 heteroatoms. The van der Waals surface area contributed by atoms with Gasteiger partial charge in [0.1, 0.15) is 0 Å². The molecule has 33 heavy (non-hydrogen) atoms. The van der Waals surface area contributed by atoms with Gasteiger partial charge in [-0.05, 0) is 49.2 Å². The monoisotopic (exact) mass is 434 g/mol. The normalized spacial score (nSPS) is 11.3. The number of nitrogens with zero attached hydrogens (tertiary/aromatic N) is 6. The number of rotatable bonds is 6. The first-order valence-electron chi connectivity index (χ1n) is 10.3. The van der Waals surface area contributed by atoms with Crippen molar-refractivity contribution in [1.29, 1.82) is 5.26 Å². The third-order valence-electron chi connectivity index (χ3n) is 5.11. The number of aromatic hydroxyl groups is 1. The van der Waals surface area contributed by atoms with Crippen LogP contribution in [0.4, 0.5) is 0 Å². The molecule has 3 aromatic heterocycles. The summed E-state index contributed by atoms with van der Waals surface area (Å²) in [6.07, 6.45) is 13.1. The molecule has 0 saturated carbocycles. The molecule has 3 heterocycles. The minimum atomic E-state index is -0.0111. The van der Waals surface area contributed by atoms with E-state index in [9.17, 15) is 5.11 Å². The van der Waals surface area contributed by atoms with E-state index < -0.39 is 0 Å². The SMILES string of the molecule is C=C(/C=C\C=C/C)c1cnn(-c2ccc(-n3nc(C)c(-c4ccc(C#N)cc4)c3O)nc2)c1. The van der Waals surface area contributed by atoms with E-state index in [0.29, 0.717) is 22.6 Å². The lowest BCUT2D eigenvalue weighted by Crippen LogP contribution is -2.01. The van der Waals surface area contributed by atoms with Gasteiger partial charge >= 0.3 is 0 Å². The van der Waals surface area contributed by atoms with Crippen LogP contribution in [0.25, 0.3) is 28.2 Å². The van der Waals surface area contributed by atoms with Crippen molar-refractivity contribution in [2.45, 2.75) is 13.8 Å². The van der Waals surface area contributed by atoms with Crippen LogP contribution in [0.15, 0.2) is 85.9 Å². The van der Waals surface area contributed by atoms with E-state index in [2.05, 4.69) is 27.8 Å². The second-order valence-corrected chi connectivity index (χ2v) is 7.34. The number of nitriles is 1. The van der Waals surface area contributed by atoms with Crippen LogP contribution in [0, 0.1) is 18.3 Å². The van der Waals surface area contributed by atoms with Crippen molar-refractivity contribution in [2.24, 2.45) is 0 Å². The van der Waals surface area contributed by atoms with Gasteiger partial charge in [0.15, 0.2) is 5.82 Å². The van der Waals surface area contributed by atoms with E-state index in [0.717, 1.165) is 22.4 Å². The maximum atomic E-state index is 10.8. The highest BCUT2D eigenvalue weighted by atomic mass is 16.3. The maximum Gasteiger partial charge on any atom is 0.223 e. The average Bonchev–Trinajstić information content (AvgIpc) is 3.44. The van der Waals surface area contributed by atoms with Gasteiger partial charge in [-0.15, -0.1) is 0 Å². The Balaban J connectivity index is 1.59. The maximum absolute atomic E-state index is 10.8. The molecule has 0 fully saturated rings. The molecule has 0 spiro atoms. The predicted molar refractivity (Wildman–Crippen MR) is 128 cm³/mol. The highest BCUT2D eigenvalue weighted by Gasteiger charge is 2.18. The molecule has 4 aromatic rings. The summed E-state index contributed by atoms with van der Waals surface area (Å²) < 4.78 is 3.12. The van der Waals surface area contributed by atoms with Crippen LogP contribution in [0.1, 0.15) is 23.7 Å². The minimum absolute atomic E-state index is 0.0111. The van der Waals surface area contributed by atoms with E-state index in [1.54, 1.807) is 47.4 Å². The molecule has 1 aromatic carbocycles. The summed E-state index contributed by atoms with van der Waals surface area (Å²) in [5.74, 6) is 0.466. The van der Waals surface area contributed by atoms with E-state index >= 15 is 0 Å². The predicted octanol–water partition coefficient (Wildman–Crippen LogP) is 5.15. The molecule has 1 N–H and O–H groups in total. The van der Waals surface area contributed by atoms with Crippen LogP contribution in [-0.2, 0) is 0 Å². The van der Waals surface area contributed by atoms with Crippen LogP contribution in [0.5, 0.6) is 5.88 Å². The summed E-state index contributed by atoms with van der Waals surface area (Å²) in [5.41, 5.74) is 5.13. The van der Waals surface area contributed by atoms with Gasteiger partial charge in [-0.2, -0.15) is 20.1 Å². The molecule has 162 valence electrons. The Morgan fingerprint density at radius 3 is 2.58 bits per heavy atom. The van der Waals surface area contributed by atoms with Crippen molar-refractivity contribution >= 4 is 5.57 Å². The number of hydrogen-bond acceptors (Lipinski definition) is 5. The Morgan fingerprint density at radius 2 is 1.91 bits per heavy atom. The van der Waals surface area contributed by atoms with Gasteiger partial charge in [-0.25, -0.2) is 9.67 Å². The second kappa shape index (κ2) is 9.20. The summed E-state index contributed by atoms with van der Waals surface area (Å²) >= 11 is 0. The number of aryl methyl sites for hydroxylation is 1. The molecule has 0 aliphatic heterocycles. The summed E-state index contributed by atoms with van der Waals surface area (Å²) in [4.78, 5) is 4.47. The second-order valence-electron chi connectivity index (χ2n) is 7.34. The first-order valence-corrected chi connectivity index (χ1v) is 10.3. The molecule has 7 nitrogen and oxygen atoms in total. The smallest absolute Gasteiger partial charge is 0.223 e. The molecule has 0 aliphatic rings. The van der Waals surface area contributed by atoms with Crippen molar-refractivity contribution < 1.29 is 5.11 Å².